The predicted molar refractivity (Wildman–Crippen MR) is 232 cm³/mol. The number of carboxylic acid groups (broad SMARTS) is 2. The van der Waals surface area contributed by atoms with Crippen LogP contribution in [-0.4, -0.2) is 91.4 Å². The molecule has 20 heteroatoms. The van der Waals surface area contributed by atoms with Crippen LogP contribution in [0.3, 0.4) is 0 Å². The van der Waals surface area contributed by atoms with Gasteiger partial charge in [0.05, 0.1) is 22.6 Å². The number of carboxylic acids is 2. The van der Waals surface area contributed by atoms with Gasteiger partial charge < -0.3 is 41.8 Å². The number of benzene rings is 4. The maximum Gasteiger partial charge on any atom is 0.325 e. The summed E-state index contributed by atoms with van der Waals surface area (Å²) in [5.74, 6) is -1.44. The van der Waals surface area contributed by atoms with E-state index in [1.807, 2.05) is 24.3 Å². The second kappa shape index (κ2) is 22.4. The van der Waals surface area contributed by atoms with E-state index in [0.29, 0.717) is 35.8 Å². The Bertz CT molecular complexity index is 2310. The minimum atomic E-state index is -1.13. The van der Waals surface area contributed by atoms with E-state index in [2.05, 4.69) is 21.3 Å². The van der Waals surface area contributed by atoms with Crippen LogP contribution in [0.25, 0.3) is 0 Å². The third kappa shape index (κ3) is 15.0. The van der Waals surface area contributed by atoms with Gasteiger partial charge in [0.1, 0.15) is 35.6 Å². The highest BCUT2D eigenvalue weighted by molar-refractivity contribution is 8.15. The first-order valence-electron chi connectivity index (χ1n) is 19.3. The summed E-state index contributed by atoms with van der Waals surface area (Å²) >= 11 is 1.99. The number of amides is 6. The minimum absolute atomic E-state index is 0.252. The maximum absolute atomic E-state index is 12.0. The van der Waals surface area contributed by atoms with Gasteiger partial charge in [0.2, 0.25) is 23.6 Å². The highest BCUT2D eigenvalue weighted by Crippen LogP contribution is 2.28. The lowest BCUT2D eigenvalue weighted by atomic mass is 10.1. The van der Waals surface area contributed by atoms with E-state index in [0.717, 1.165) is 45.8 Å². The molecule has 63 heavy (non-hydrogen) atoms. The molecule has 4 aromatic rings. The molecule has 2 heterocycles. The summed E-state index contributed by atoms with van der Waals surface area (Å²) in [5.41, 5.74) is 15.1. The van der Waals surface area contributed by atoms with E-state index in [9.17, 15) is 38.4 Å². The molecular formula is C43H44N6O12S2. The molecule has 10 N–H and O–H groups in total. The lowest BCUT2D eigenvalue weighted by Gasteiger charge is -2.15. The normalized spacial score (nSPS) is 16.9. The van der Waals surface area contributed by atoms with Gasteiger partial charge in [-0.15, -0.1) is 0 Å². The number of carbonyl (C=O) groups excluding carboxylic acids is 6. The number of nitrogens with one attached hydrogen (secondary N) is 4. The molecule has 5 atom stereocenters. The van der Waals surface area contributed by atoms with Crippen LogP contribution in [0.4, 0.5) is 9.59 Å². The molecule has 2 fully saturated rings. The topological polar surface area (TPSA) is 296 Å². The highest BCUT2D eigenvalue weighted by atomic mass is 32.2. The largest absolute Gasteiger partial charge is 0.480 e. The van der Waals surface area contributed by atoms with Crippen molar-refractivity contribution in [3.8, 4) is 23.0 Å². The summed E-state index contributed by atoms with van der Waals surface area (Å²) in [6.07, 6.45) is 1.42. The SMILES string of the molecule is CC(NC(=O)C(N)Cc1ccc(Oc2ccc(CC3SC(=O)NC3=O)cc2)cc1)C(=O)O.NC(Cc1ccc(Oc2ccc(CC3SC(=O)NC3=O)cc2)cc1)C(=O)NCC(=O)O. The Labute approximate surface area is 369 Å². The first-order chi connectivity index (χ1) is 30.0. The first-order valence-corrected chi connectivity index (χ1v) is 21.1. The monoisotopic (exact) mass is 900 g/mol. The number of imide groups is 2. The van der Waals surface area contributed by atoms with Crippen molar-refractivity contribution in [2.24, 2.45) is 11.5 Å². The van der Waals surface area contributed by atoms with E-state index in [1.54, 1.807) is 72.8 Å². The van der Waals surface area contributed by atoms with Crippen molar-refractivity contribution < 1.29 is 58.0 Å². The summed E-state index contributed by atoms with van der Waals surface area (Å²) in [6.45, 7) is 0.903. The van der Waals surface area contributed by atoms with Crippen LogP contribution in [0.1, 0.15) is 29.2 Å². The molecule has 4 aromatic carbocycles. The van der Waals surface area contributed by atoms with E-state index < -0.39 is 58.9 Å². The molecule has 0 aliphatic carbocycles. The number of aliphatic carboxylic acids is 2. The Balaban J connectivity index is 0.000000238. The Morgan fingerprint density at radius 1 is 0.603 bits per heavy atom. The van der Waals surface area contributed by atoms with Crippen LogP contribution in [0, 0.1) is 0 Å². The van der Waals surface area contributed by atoms with Crippen molar-refractivity contribution >= 4 is 69.6 Å². The summed E-state index contributed by atoms with van der Waals surface area (Å²) in [5, 5.41) is 25.1. The predicted octanol–water partition coefficient (Wildman–Crippen LogP) is 3.28. The van der Waals surface area contributed by atoms with Gasteiger partial charge in [0, 0.05) is 0 Å². The van der Waals surface area contributed by atoms with Gasteiger partial charge >= 0.3 is 11.9 Å². The van der Waals surface area contributed by atoms with Crippen molar-refractivity contribution in [3.05, 3.63) is 119 Å². The van der Waals surface area contributed by atoms with E-state index >= 15 is 0 Å². The quantitative estimate of drug-likeness (QED) is 0.0711. The highest BCUT2D eigenvalue weighted by Gasteiger charge is 2.32. The summed E-state index contributed by atoms with van der Waals surface area (Å²) in [6, 6.07) is 25.9. The van der Waals surface area contributed by atoms with Gasteiger partial charge in [-0.3, -0.25) is 49.0 Å². The number of hydrogen-bond donors (Lipinski definition) is 8. The number of ether oxygens (including phenoxy) is 2. The van der Waals surface area contributed by atoms with Gasteiger partial charge in [-0.05, 0) is 103 Å². The maximum atomic E-state index is 12.0. The lowest BCUT2D eigenvalue weighted by Crippen LogP contribution is -2.48. The fourth-order valence-electron chi connectivity index (χ4n) is 5.90. The molecule has 2 aliphatic rings. The lowest BCUT2D eigenvalue weighted by molar-refractivity contribution is -0.141. The van der Waals surface area contributed by atoms with Gasteiger partial charge in [-0.2, -0.15) is 0 Å². The van der Waals surface area contributed by atoms with Gasteiger partial charge in [0.25, 0.3) is 10.5 Å². The van der Waals surface area contributed by atoms with Crippen LogP contribution in [-0.2, 0) is 54.5 Å². The summed E-state index contributed by atoms with van der Waals surface area (Å²) in [7, 11) is 0. The zero-order valence-corrected chi connectivity index (χ0v) is 35.2. The fourth-order valence-corrected chi connectivity index (χ4v) is 7.62. The average Bonchev–Trinajstić information content (AvgIpc) is 3.75. The van der Waals surface area contributed by atoms with Crippen LogP contribution >= 0.6 is 23.5 Å². The van der Waals surface area contributed by atoms with Crippen LogP contribution < -0.4 is 42.2 Å². The molecule has 2 aliphatic heterocycles. The average molecular weight is 901 g/mol. The molecular weight excluding hydrogens is 857 g/mol. The first kappa shape index (κ1) is 47.3. The number of hydrogen-bond acceptors (Lipinski definition) is 14. The molecule has 0 aromatic heterocycles. The molecule has 2 saturated heterocycles. The number of rotatable bonds is 18. The Morgan fingerprint density at radius 3 is 1.27 bits per heavy atom. The van der Waals surface area contributed by atoms with E-state index in [1.165, 1.54) is 6.92 Å². The standard InChI is InChI=1S/C22H23N3O6S.C21H21N3O6S/c1-12(21(28)29)24-19(26)17(23)10-13-2-6-15(7-3-13)31-16-8-4-14(5-9-16)11-18-20(27)25-22(30)32-18;22-16(19(27)23-11-18(25)26)9-12-1-5-14(6-2-12)30-15-7-3-13(4-8-15)10-17-20(28)24-21(29)31-17/h2-9,12,17-18H,10-11,23H2,1H3,(H,24,26)(H,28,29)(H,25,27,30);1-8,16-17H,9-11,22H2,(H,23,27)(H,25,26)(H,24,28,29). The number of carbonyl (C=O) groups is 8. The summed E-state index contributed by atoms with van der Waals surface area (Å²) < 4.78 is 11.6. The molecule has 0 spiro atoms. The van der Waals surface area contributed by atoms with Crippen molar-refractivity contribution in [1.82, 2.24) is 21.3 Å². The minimum Gasteiger partial charge on any atom is -0.480 e. The Kier molecular flexibility index (Phi) is 16.8. The molecule has 330 valence electrons. The zero-order chi connectivity index (χ0) is 45.6. The van der Waals surface area contributed by atoms with Crippen molar-refractivity contribution in [3.63, 3.8) is 0 Å². The number of thioether (sulfide) groups is 2. The molecule has 0 radical (unpaired) electrons. The van der Waals surface area contributed by atoms with Crippen molar-refractivity contribution in [1.29, 1.82) is 0 Å². The summed E-state index contributed by atoms with van der Waals surface area (Å²) in [4.78, 5) is 90.9. The smallest absolute Gasteiger partial charge is 0.325 e. The van der Waals surface area contributed by atoms with Gasteiger partial charge in [-0.1, -0.05) is 72.1 Å². The van der Waals surface area contributed by atoms with Crippen molar-refractivity contribution in [2.45, 2.75) is 61.2 Å². The Hall–Kier alpha value is -6.74. The third-order valence-corrected chi connectivity index (χ3v) is 11.2. The van der Waals surface area contributed by atoms with Gasteiger partial charge in [-0.25, -0.2) is 0 Å². The van der Waals surface area contributed by atoms with E-state index in [4.69, 9.17) is 31.2 Å². The van der Waals surface area contributed by atoms with Crippen LogP contribution in [0.5, 0.6) is 23.0 Å². The molecule has 6 amide bonds. The molecule has 0 saturated carbocycles. The van der Waals surface area contributed by atoms with E-state index in [-0.39, 0.29) is 35.1 Å². The van der Waals surface area contributed by atoms with Crippen LogP contribution in [0.2, 0.25) is 0 Å². The fraction of sp³-hybridized carbons (Fsp3) is 0.256. The second-order valence-corrected chi connectivity index (χ2v) is 16.6. The zero-order valence-electron chi connectivity index (χ0n) is 33.6. The molecule has 18 nitrogen and oxygen atoms in total. The second-order valence-electron chi connectivity index (χ2n) is 14.3. The number of nitrogens with two attached hydrogens (primary N) is 2. The Morgan fingerprint density at radius 2 is 0.952 bits per heavy atom. The van der Waals surface area contributed by atoms with Gasteiger partial charge in [0.15, 0.2) is 0 Å². The molecule has 5 unspecified atom stereocenters. The third-order valence-electron chi connectivity index (χ3n) is 9.27. The van der Waals surface area contributed by atoms with Crippen LogP contribution in [0.15, 0.2) is 97.1 Å². The molecule has 6 rings (SSSR count). The molecule has 0 bridgehead atoms. The van der Waals surface area contributed by atoms with Crippen molar-refractivity contribution in [2.75, 3.05) is 6.54 Å².